The van der Waals surface area contributed by atoms with Crippen molar-refractivity contribution in [3.63, 3.8) is 0 Å². The number of alkyl halides is 3. The SMILES string of the molecule is Cc1ccc(C(=O)N2CCC(C(=O)O)CC2)c(-n2cc(-c3cn(C(F)(F)F)cn3)nn2)c1. The Hall–Kier alpha value is -3.70. The largest absolute Gasteiger partial charge is 0.489 e. The summed E-state index contributed by atoms with van der Waals surface area (Å²) in [4.78, 5) is 29.6. The summed E-state index contributed by atoms with van der Waals surface area (Å²) in [6.45, 7) is 2.47. The number of carbonyl (C=O) groups excluding carboxylic acids is 1. The highest BCUT2D eigenvalue weighted by Crippen LogP contribution is 2.26. The number of aromatic nitrogens is 5. The number of hydrogen-bond acceptors (Lipinski definition) is 5. The Morgan fingerprint density at radius 1 is 1.12 bits per heavy atom. The maximum absolute atomic E-state index is 13.1. The zero-order valence-electron chi connectivity index (χ0n) is 17.0. The smallest absolute Gasteiger partial charge is 0.481 e. The van der Waals surface area contributed by atoms with E-state index in [9.17, 15) is 22.8 Å². The fraction of sp³-hybridized carbons (Fsp3) is 0.350. The normalized spacial score (nSPS) is 15.2. The van der Waals surface area contributed by atoms with Crippen molar-refractivity contribution in [1.29, 1.82) is 0 Å². The molecule has 0 bridgehead atoms. The molecule has 32 heavy (non-hydrogen) atoms. The van der Waals surface area contributed by atoms with E-state index >= 15 is 0 Å². The van der Waals surface area contributed by atoms with Crippen LogP contribution >= 0.6 is 0 Å². The van der Waals surface area contributed by atoms with Gasteiger partial charge in [0.15, 0.2) is 0 Å². The summed E-state index contributed by atoms with van der Waals surface area (Å²) in [6.07, 6.45) is -0.980. The maximum atomic E-state index is 13.1. The van der Waals surface area contributed by atoms with Gasteiger partial charge in [0.2, 0.25) is 0 Å². The summed E-state index contributed by atoms with van der Waals surface area (Å²) in [5, 5.41) is 17.1. The number of rotatable bonds is 4. The van der Waals surface area contributed by atoms with Crippen molar-refractivity contribution in [3.8, 4) is 17.1 Å². The minimum absolute atomic E-state index is 0.00940. The topological polar surface area (TPSA) is 106 Å². The standard InChI is InChI=1S/C20H19F3N6O3/c1-12-2-3-14(18(30)27-6-4-13(5-7-27)19(31)32)17(8-12)29-10-16(25-26-29)15-9-28(11-24-15)20(21,22)23/h2-3,8-11,13H,4-7H2,1H3,(H,31,32). The zero-order chi connectivity index (χ0) is 23.0. The first kappa shape index (κ1) is 21.5. The highest BCUT2D eigenvalue weighted by Gasteiger charge is 2.31. The van der Waals surface area contributed by atoms with Crippen LogP contribution in [0.3, 0.4) is 0 Å². The molecule has 3 heterocycles. The molecule has 1 amide bonds. The molecule has 3 aromatic rings. The predicted molar refractivity (Wildman–Crippen MR) is 105 cm³/mol. The van der Waals surface area contributed by atoms with Crippen molar-refractivity contribution in [1.82, 2.24) is 29.4 Å². The highest BCUT2D eigenvalue weighted by atomic mass is 19.4. The lowest BCUT2D eigenvalue weighted by Crippen LogP contribution is -2.40. The molecule has 1 fully saturated rings. The van der Waals surface area contributed by atoms with Gasteiger partial charge >= 0.3 is 12.3 Å². The lowest BCUT2D eigenvalue weighted by molar-refractivity contribution is -0.204. The van der Waals surface area contributed by atoms with Crippen LogP contribution in [-0.2, 0) is 11.1 Å². The van der Waals surface area contributed by atoms with Crippen molar-refractivity contribution in [2.75, 3.05) is 13.1 Å². The average molecular weight is 448 g/mol. The van der Waals surface area contributed by atoms with Gasteiger partial charge in [-0.25, -0.2) is 14.2 Å². The molecule has 0 unspecified atom stereocenters. The van der Waals surface area contributed by atoms with Crippen LogP contribution in [0.4, 0.5) is 13.2 Å². The van der Waals surface area contributed by atoms with E-state index in [-0.39, 0.29) is 21.9 Å². The molecule has 1 aromatic carbocycles. The third kappa shape index (κ3) is 4.20. The van der Waals surface area contributed by atoms with Crippen LogP contribution in [0.15, 0.2) is 36.9 Å². The van der Waals surface area contributed by atoms with Crippen LogP contribution in [-0.4, -0.2) is 59.5 Å². The third-order valence-electron chi connectivity index (χ3n) is 5.39. The number of halogens is 3. The highest BCUT2D eigenvalue weighted by molar-refractivity contribution is 5.98. The van der Waals surface area contributed by atoms with E-state index in [0.717, 1.165) is 11.8 Å². The molecule has 1 N–H and O–H groups in total. The fourth-order valence-corrected chi connectivity index (χ4v) is 3.60. The van der Waals surface area contributed by atoms with Crippen LogP contribution < -0.4 is 0 Å². The number of aryl methyl sites for hydroxylation is 1. The van der Waals surface area contributed by atoms with Crippen LogP contribution in [0.5, 0.6) is 0 Å². The Morgan fingerprint density at radius 3 is 2.47 bits per heavy atom. The number of likely N-dealkylation sites (tertiary alicyclic amines) is 1. The van der Waals surface area contributed by atoms with Crippen molar-refractivity contribution in [2.24, 2.45) is 5.92 Å². The average Bonchev–Trinajstić information content (AvgIpc) is 3.43. The lowest BCUT2D eigenvalue weighted by Gasteiger charge is -2.30. The van der Waals surface area contributed by atoms with Crippen molar-refractivity contribution >= 4 is 11.9 Å². The summed E-state index contributed by atoms with van der Waals surface area (Å²) in [5.74, 6) is -1.61. The predicted octanol–water partition coefficient (Wildman–Crippen LogP) is 2.85. The molecular weight excluding hydrogens is 429 g/mol. The molecule has 0 spiro atoms. The summed E-state index contributed by atoms with van der Waals surface area (Å²) in [7, 11) is 0. The fourth-order valence-electron chi connectivity index (χ4n) is 3.60. The summed E-state index contributed by atoms with van der Waals surface area (Å²) in [6, 6.07) is 5.14. The van der Waals surface area contributed by atoms with E-state index in [1.807, 2.05) is 6.92 Å². The van der Waals surface area contributed by atoms with E-state index in [0.29, 0.717) is 43.5 Å². The minimum Gasteiger partial charge on any atom is -0.481 e. The van der Waals surface area contributed by atoms with E-state index < -0.39 is 18.2 Å². The van der Waals surface area contributed by atoms with Gasteiger partial charge < -0.3 is 10.0 Å². The number of aliphatic carboxylic acids is 1. The molecule has 1 aliphatic rings. The number of benzene rings is 1. The van der Waals surface area contributed by atoms with Crippen molar-refractivity contribution < 1.29 is 27.9 Å². The zero-order valence-corrected chi connectivity index (χ0v) is 17.0. The van der Waals surface area contributed by atoms with Gasteiger partial charge in [0, 0.05) is 19.3 Å². The number of carbonyl (C=O) groups is 2. The molecule has 0 atom stereocenters. The van der Waals surface area contributed by atoms with Crippen molar-refractivity contribution in [3.05, 3.63) is 48.0 Å². The van der Waals surface area contributed by atoms with Gasteiger partial charge in [-0.2, -0.15) is 0 Å². The number of carboxylic acid groups (broad SMARTS) is 1. The number of carboxylic acids is 1. The second kappa shape index (κ2) is 8.09. The van der Waals surface area contributed by atoms with E-state index in [4.69, 9.17) is 5.11 Å². The summed E-state index contributed by atoms with van der Waals surface area (Å²) >= 11 is 0. The van der Waals surface area contributed by atoms with Gasteiger partial charge in [-0.3, -0.25) is 9.59 Å². The Labute approximate surface area is 180 Å². The van der Waals surface area contributed by atoms with E-state index in [1.54, 1.807) is 23.1 Å². The molecule has 0 aliphatic carbocycles. The molecule has 1 saturated heterocycles. The van der Waals surface area contributed by atoms with Crippen LogP contribution in [0, 0.1) is 12.8 Å². The second-order valence-electron chi connectivity index (χ2n) is 7.61. The van der Waals surface area contributed by atoms with Gasteiger partial charge in [-0.1, -0.05) is 11.3 Å². The van der Waals surface area contributed by atoms with Gasteiger partial charge in [0.1, 0.15) is 17.7 Å². The number of piperidine rings is 1. The molecule has 0 radical (unpaired) electrons. The number of hydrogen-bond donors (Lipinski definition) is 1. The van der Waals surface area contributed by atoms with Crippen LogP contribution in [0.2, 0.25) is 0 Å². The minimum atomic E-state index is -4.59. The van der Waals surface area contributed by atoms with Gasteiger partial charge in [-0.05, 0) is 37.5 Å². The summed E-state index contributed by atoms with van der Waals surface area (Å²) in [5.41, 5.74) is 1.71. The summed E-state index contributed by atoms with van der Waals surface area (Å²) < 4.78 is 39.8. The number of nitrogens with zero attached hydrogens (tertiary/aromatic N) is 6. The third-order valence-corrected chi connectivity index (χ3v) is 5.39. The maximum Gasteiger partial charge on any atom is 0.489 e. The molecule has 4 rings (SSSR count). The molecule has 9 nitrogen and oxygen atoms in total. The van der Waals surface area contributed by atoms with Crippen LogP contribution in [0.1, 0.15) is 28.8 Å². The monoisotopic (exact) mass is 448 g/mol. The van der Waals surface area contributed by atoms with Gasteiger partial charge in [0.25, 0.3) is 5.91 Å². The molecule has 168 valence electrons. The number of imidazole rings is 1. The Kier molecular flexibility index (Phi) is 5.45. The number of amides is 1. The van der Waals surface area contributed by atoms with Crippen molar-refractivity contribution in [2.45, 2.75) is 26.1 Å². The Balaban J connectivity index is 1.61. The van der Waals surface area contributed by atoms with Crippen LogP contribution in [0.25, 0.3) is 17.1 Å². The molecule has 0 saturated carbocycles. The van der Waals surface area contributed by atoms with E-state index in [2.05, 4.69) is 15.3 Å². The lowest BCUT2D eigenvalue weighted by atomic mass is 9.96. The quantitative estimate of drug-likeness (QED) is 0.658. The molecule has 2 aromatic heterocycles. The van der Waals surface area contributed by atoms with E-state index in [1.165, 1.54) is 10.9 Å². The first-order valence-corrected chi connectivity index (χ1v) is 9.80. The van der Waals surface area contributed by atoms with Gasteiger partial charge in [0.05, 0.1) is 23.4 Å². The Bertz CT molecular complexity index is 1160. The molecule has 12 heteroatoms. The molecular formula is C20H19F3N6O3. The second-order valence-corrected chi connectivity index (χ2v) is 7.61. The first-order valence-electron chi connectivity index (χ1n) is 9.80. The molecule has 1 aliphatic heterocycles. The van der Waals surface area contributed by atoms with Gasteiger partial charge in [-0.15, -0.1) is 18.3 Å². The first-order chi connectivity index (χ1) is 15.1. The Morgan fingerprint density at radius 2 is 1.84 bits per heavy atom.